The molecule has 6 heteroatoms. The molecule has 1 N–H and O–H groups in total. The van der Waals surface area contributed by atoms with E-state index in [1.807, 2.05) is 13.8 Å². The first-order valence-corrected chi connectivity index (χ1v) is 5.33. The van der Waals surface area contributed by atoms with Crippen molar-refractivity contribution in [1.82, 2.24) is 15.1 Å². The van der Waals surface area contributed by atoms with Crippen LogP contribution >= 0.6 is 0 Å². The van der Waals surface area contributed by atoms with Crippen LogP contribution in [0.1, 0.15) is 24.2 Å². The third kappa shape index (κ3) is 3.30. The number of carbonyl (C=O) groups excluding carboxylic acids is 2. The van der Waals surface area contributed by atoms with Crippen molar-refractivity contribution in [1.29, 1.82) is 0 Å². The number of carbonyl (C=O) groups is 2. The second kappa shape index (κ2) is 5.47. The van der Waals surface area contributed by atoms with Crippen molar-refractivity contribution in [3.05, 3.63) is 18.0 Å². The molecule has 1 aromatic heterocycles. The molecule has 0 spiro atoms. The Labute approximate surface area is 99.9 Å². The van der Waals surface area contributed by atoms with E-state index in [4.69, 9.17) is 0 Å². The lowest BCUT2D eigenvalue weighted by Crippen LogP contribution is -2.44. The highest BCUT2D eigenvalue weighted by molar-refractivity contribution is 5.96. The lowest BCUT2D eigenvalue weighted by molar-refractivity contribution is -0.144. The second-order valence-corrected chi connectivity index (χ2v) is 4.12. The fraction of sp³-hybridized carbons (Fsp3) is 0.545. The zero-order valence-electron chi connectivity index (χ0n) is 10.4. The minimum absolute atomic E-state index is 0.0388. The van der Waals surface area contributed by atoms with Gasteiger partial charge in [-0.3, -0.25) is 9.48 Å². The van der Waals surface area contributed by atoms with E-state index in [1.165, 1.54) is 18.0 Å². The largest absolute Gasteiger partial charge is 0.467 e. The van der Waals surface area contributed by atoms with Crippen LogP contribution in [0, 0.1) is 5.92 Å². The summed E-state index contributed by atoms with van der Waals surface area (Å²) in [6, 6.07) is -0.646. The first kappa shape index (κ1) is 13.2. The molecule has 0 aliphatic carbocycles. The zero-order valence-corrected chi connectivity index (χ0v) is 10.4. The Morgan fingerprint density at radius 1 is 1.47 bits per heavy atom. The average Bonchev–Trinajstić information content (AvgIpc) is 2.71. The maximum absolute atomic E-state index is 11.8. The minimum Gasteiger partial charge on any atom is -0.467 e. The predicted octanol–water partition coefficient (Wildman–Crippen LogP) is 0.347. The molecule has 0 saturated carbocycles. The van der Waals surface area contributed by atoms with Gasteiger partial charge in [-0.15, -0.1) is 0 Å². The van der Waals surface area contributed by atoms with Crippen LogP contribution < -0.4 is 5.32 Å². The molecule has 6 nitrogen and oxygen atoms in total. The summed E-state index contributed by atoms with van der Waals surface area (Å²) in [5.41, 5.74) is 0.419. The van der Waals surface area contributed by atoms with Gasteiger partial charge in [0, 0.05) is 13.2 Å². The third-order valence-electron chi connectivity index (χ3n) is 2.38. The van der Waals surface area contributed by atoms with E-state index in [0.29, 0.717) is 5.56 Å². The summed E-state index contributed by atoms with van der Waals surface area (Å²) in [4.78, 5) is 23.3. The highest BCUT2D eigenvalue weighted by Crippen LogP contribution is 2.05. The number of methoxy groups -OCH3 is 1. The Balaban J connectivity index is 2.74. The van der Waals surface area contributed by atoms with Crippen LogP contribution in [0.3, 0.4) is 0 Å². The van der Waals surface area contributed by atoms with Gasteiger partial charge in [-0.05, 0) is 5.92 Å². The van der Waals surface area contributed by atoms with Gasteiger partial charge in [-0.1, -0.05) is 13.8 Å². The molecule has 1 amide bonds. The van der Waals surface area contributed by atoms with Gasteiger partial charge in [0.15, 0.2) is 0 Å². The van der Waals surface area contributed by atoms with E-state index in [-0.39, 0.29) is 11.8 Å². The molecule has 1 atom stereocenters. The first-order chi connectivity index (χ1) is 7.95. The summed E-state index contributed by atoms with van der Waals surface area (Å²) in [5.74, 6) is -0.817. The van der Waals surface area contributed by atoms with E-state index in [9.17, 15) is 9.59 Å². The molecule has 0 aromatic carbocycles. The maximum atomic E-state index is 11.8. The summed E-state index contributed by atoms with van der Waals surface area (Å²) < 4.78 is 6.17. The van der Waals surface area contributed by atoms with Crippen molar-refractivity contribution >= 4 is 11.9 Å². The predicted molar refractivity (Wildman–Crippen MR) is 61.3 cm³/mol. The molecule has 0 aliphatic rings. The molecule has 94 valence electrons. The molecular formula is C11H17N3O3. The quantitative estimate of drug-likeness (QED) is 0.769. The molecule has 1 heterocycles. The number of esters is 1. The summed E-state index contributed by atoms with van der Waals surface area (Å²) in [7, 11) is 3.02. The maximum Gasteiger partial charge on any atom is 0.328 e. The number of hydrogen-bond donors (Lipinski definition) is 1. The monoisotopic (exact) mass is 239 g/mol. The minimum atomic E-state index is -0.646. The second-order valence-electron chi connectivity index (χ2n) is 4.12. The molecule has 17 heavy (non-hydrogen) atoms. The van der Waals surface area contributed by atoms with E-state index < -0.39 is 12.0 Å². The zero-order chi connectivity index (χ0) is 13.0. The standard InChI is InChI=1S/C11H17N3O3/c1-7(2)9(11(16)17-4)13-10(15)8-5-12-14(3)6-8/h5-7,9H,1-4H3,(H,13,15). The normalized spacial score (nSPS) is 12.3. The van der Waals surface area contributed by atoms with Crippen LogP contribution in [0.4, 0.5) is 0 Å². The number of nitrogens with zero attached hydrogens (tertiary/aromatic N) is 2. The molecule has 0 bridgehead atoms. The van der Waals surface area contributed by atoms with Crippen LogP contribution in [-0.4, -0.2) is 34.8 Å². The van der Waals surface area contributed by atoms with Gasteiger partial charge in [0.25, 0.3) is 5.91 Å². The van der Waals surface area contributed by atoms with Gasteiger partial charge in [0.05, 0.1) is 18.9 Å². The molecule has 1 rings (SSSR count). The number of rotatable bonds is 4. The lowest BCUT2D eigenvalue weighted by Gasteiger charge is -2.19. The number of aryl methyl sites for hydroxylation is 1. The van der Waals surface area contributed by atoms with Crippen LogP contribution in [0.25, 0.3) is 0 Å². The van der Waals surface area contributed by atoms with Crippen molar-refractivity contribution in [3.8, 4) is 0 Å². The van der Waals surface area contributed by atoms with Crippen LogP contribution in [0.2, 0.25) is 0 Å². The summed E-state index contributed by atoms with van der Waals surface area (Å²) in [5, 5.41) is 6.52. The van der Waals surface area contributed by atoms with E-state index >= 15 is 0 Å². The van der Waals surface area contributed by atoms with Gasteiger partial charge in [-0.2, -0.15) is 5.10 Å². The lowest BCUT2D eigenvalue weighted by atomic mass is 10.0. The molecule has 0 aliphatic heterocycles. The molecular weight excluding hydrogens is 222 g/mol. The Kier molecular flexibility index (Phi) is 4.25. The highest BCUT2D eigenvalue weighted by atomic mass is 16.5. The Morgan fingerprint density at radius 3 is 2.53 bits per heavy atom. The number of amides is 1. The number of aromatic nitrogens is 2. The van der Waals surface area contributed by atoms with Crippen molar-refractivity contribution in [2.45, 2.75) is 19.9 Å². The summed E-state index contributed by atoms with van der Waals surface area (Å²) in [6.45, 7) is 3.68. The van der Waals surface area contributed by atoms with Gasteiger partial charge in [-0.25, -0.2) is 4.79 Å². The van der Waals surface area contributed by atoms with E-state index in [2.05, 4.69) is 15.2 Å². The SMILES string of the molecule is COC(=O)C(NC(=O)c1cnn(C)c1)C(C)C. The van der Waals surface area contributed by atoms with E-state index in [1.54, 1.807) is 13.2 Å². The summed E-state index contributed by atoms with van der Waals surface area (Å²) in [6.07, 6.45) is 3.04. The van der Waals surface area contributed by atoms with Crippen LogP contribution in [0.5, 0.6) is 0 Å². The molecule has 1 aromatic rings. The number of hydrogen-bond acceptors (Lipinski definition) is 4. The van der Waals surface area contributed by atoms with Gasteiger partial charge >= 0.3 is 5.97 Å². The average molecular weight is 239 g/mol. The van der Waals surface area contributed by atoms with Crippen molar-refractivity contribution in [2.75, 3.05) is 7.11 Å². The molecule has 0 fully saturated rings. The first-order valence-electron chi connectivity index (χ1n) is 5.33. The number of ether oxygens (including phenoxy) is 1. The Hall–Kier alpha value is -1.85. The molecule has 0 saturated heterocycles. The van der Waals surface area contributed by atoms with Crippen molar-refractivity contribution < 1.29 is 14.3 Å². The fourth-order valence-electron chi connectivity index (χ4n) is 1.39. The van der Waals surface area contributed by atoms with Crippen LogP contribution in [0.15, 0.2) is 12.4 Å². The molecule has 1 unspecified atom stereocenters. The van der Waals surface area contributed by atoms with Crippen molar-refractivity contribution in [3.63, 3.8) is 0 Å². The van der Waals surface area contributed by atoms with Gasteiger partial charge in [0.2, 0.25) is 0 Å². The van der Waals surface area contributed by atoms with Gasteiger partial charge < -0.3 is 10.1 Å². The van der Waals surface area contributed by atoms with Crippen LogP contribution in [-0.2, 0) is 16.6 Å². The highest BCUT2D eigenvalue weighted by Gasteiger charge is 2.25. The Bertz CT molecular complexity index is 412. The van der Waals surface area contributed by atoms with E-state index in [0.717, 1.165) is 0 Å². The fourth-order valence-corrected chi connectivity index (χ4v) is 1.39. The van der Waals surface area contributed by atoms with Crippen molar-refractivity contribution in [2.24, 2.45) is 13.0 Å². The smallest absolute Gasteiger partial charge is 0.328 e. The number of nitrogens with one attached hydrogen (secondary N) is 1. The topological polar surface area (TPSA) is 73.2 Å². The van der Waals surface area contributed by atoms with Gasteiger partial charge in [0.1, 0.15) is 6.04 Å². The third-order valence-corrected chi connectivity index (χ3v) is 2.38. The molecule has 0 radical (unpaired) electrons. The summed E-state index contributed by atoms with van der Waals surface area (Å²) >= 11 is 0. The Morgan fingerprint density at radius 2 is 2.12 bits per heavy atom.